The van der Waals surface area contributed by atoms with Gasteiger partial charge in [0, 0.05) is 16.9 Å². The molecule has 3 unspecified atom stereocenters. The summed E-state index contributed by atoms with van der Waals surface area (Å²) in [4.78, 5) is 0. The van der Waals surface area contributed by atoms with Crippen LogP contribution in [0.2, 0.25) is 5.02 Å². The van der Waals surface area contributed by atoms with E-state index >= 15 is 0 Å². The van der Waals surface area contributed by atoms with Gasteiger partial charge in [-0.1, -0.05) is 44.5 Å². The van der Waals surface area contributed by atoms with Crippen LogP contribution in [0.4, 0.5) is 0 Å². The van der Waals surface area contributed by atoms with Gasteiger partial charge < -0.3 is 5.11 Å². The molecule has 0 spiro atoms. The van der Waals surface area contributed by atoms with E-state index in [1.165, 1.54) is 12.0 Å². The second-order valence-electron chi connectivity index (χ2n) is 7.33. The van der Waals surface area contributed by atoms with E-state index in [1.54, 1.807) is 0 Å². The number of hydrogen-bond donors (Lipinski definition) is 1. The minimum Gasteiger partial charge on any atom is -0.389 e. The normalized spacial score (nSPS) is 39.7. The maximum absolute atomic E-state index is 11.3. The first-order valence-electron chi connectivity index (χ1n) is 7.25. The second-order valence-corrected chi connectivity index (χ2v) is 7.76. The van der Waals surface area contributed by atoms with E-state index < -0.39 is 5.60 Å². The molecule has 2 bridgehead atoms. The molecular weight excluding hydrogens is 256 g/mol. The molecule has 0 aromatic heterocycles. The lowest BCUT2D eigenvalue weighted by Gasteiger charge is -2.45. The van der Waals surface area contributed by atoms with Crippen molar-refractivity contribution in [2.45, 2.75) is 52.1 Å². The molecule has 1 aromatic rings. The SMILES string of the molecule is CC1(C)C2CCC1(C)C(O)(Cc1ccc(Cl)cc1)C2. The second kappa shape index (κ2) is 3.99. The Hall–Kier alpha value is -0.530. The zero-order valence-corrected chi connectivity index (χ0v) is 12.8. The number of fused-ring (bicyclic) bond motifs is 2. The van der Waals surface area contributed by atoms with Crippen molar-refractivity contribution in [3.8, 4) is 0 Å². The van der Waals surface area contributed by atoms with Crippen molar-refractivity contribution in [2.24, 2.45) is 16.7 Å². The highest BCUT2D eigenvalue weighted by Gasteiger charge is 2.67. The van der Waals surface area contributed by atoms with E-state index in [9.17, 15) is 5.11 Å². The molecule has 1 N–H and O–H groups in total. The standard InChI is InChI=1S/C17H23ClO/c1-15(2)13-8-9-16(15,3)17(19,11-13)10-12-4-6-14(18)7-5-12/h4-7,13,19H,8-11H2,1-3H3. The van der Waals surface area contributed by atoms with E-state index in [1.807, 2.05) is 24.3 Å². The molecule has 19 heavy (non-hydrogen) atoms. The molecule has 0 saturated heterocycles. The fraction of sp³-hybridized carbons (Fsp3) is 0.647. The summed E-state index contributed by atoms with van der Waals surface area (Å²) in [5.74, 6) is 0.662. The lowest BCUT2D eigenvalue weighted by atomic mass is 9.63. The first-order chi connectivity index (χ1) is 8.78. The quantitative estimate of drug-likeness (QED) is 0.847. The molecule has 2 aliphatic rings. The molecule has 3 rings (SSSR count). The van der Waals surface area contributed by atoms with Crippen molar-refractivity contribution in [3.05, 3.63) is 34.9 Å². The summed E-state index contributed by atoms with van der Waals surface area (Å²) < 4.78 is 0. The van der Waals surface area contributed by atoms with Crippen LogP contribution >= 0.6 is 11.6 Å². The van der Waals surface area contributed by atoms with Crippen molar-refractivity contribution in [3.63, 3.8) is 0 Å². The predicted octanol–water partition coefficient (Wildman–Crippen LogP) is 4.46. The van der Waals surface area contributed by atoms with Crippen LogP contribution in [0, 0.1) is 16.7 Å². The van der Waals surface area contributed by atoms with Crippen LogP contribution in [0.5, 0.6) is 0 Å². The molecular formula is C17H23ClO. The summed E-state index contributed by atoms with van der Waals surface area (Å²) in [6, 6.07) is 7.92. The molecule has 0 radical (unpaired) electrons. The van der Waals surface area contributed by atoms with Crippen LogP contribution in [0.3, 0.4) is 0 Å². The molecule has 104 valence electrons. The van der Waals surface area contributed by atoms with Gasteiger partial charge >= 0.3 is 0 Å². The largest absolute Gasteiger partial charge is 0.389 e. The topological polar surface area (TPSA) is 20.2 Å². The third-order valence-corrected chi connectivity index (χ3v) is 6.71. The first kappa shape index (κ1) is 13.5. The van der Waals surface area contributed by atoms with Crippen LogP contribution in [-0.4, -0.2) is 10.7 Å². The zero-order chi connectivity index (χ0) is 13.9. The Morgan fingerprint density at radius 1 is 1.21 bits per heavy atom. The van der Waals surface area contributed by atoms with Gasteiger partial charge in [0.2, 0.25) is 0 Å². The molecule has 2 fully saturated rings. The van der Waals surface area contributed by atoms with Crippen LogP contribution in [0.25, 0.3) is 0 Å². The number of aliphatic hydroxyl groups is 1. The highest BCUT2D eigenvalue weighted by atomic mass is 35.5. The third kappa shape index (κ3) is 1.71. The van der Waals surface area contributed by atoms with Crippen molar-refractivity contribution < 1.29 is 5.11 Å². The van der Waals surface area contributed by atoms with E-state index in [4.69, 9.17) is 11.6 Å². The molecule has 2 heteroatoms. The van der Waals surface area contributed by atoms with Crippen molar-refractivity contribution in [2.75, 3.05) is 0 Å². The summed E-state index contributed by atoms with van der Waals surface area (Å²) in [5, 5.41) is 12.0. The summed E-state index contributed by atoms with van der Waals surface area (Å²) in [7, 11) is 0. The monoisotopic (exact) mass is 278 g/mol. The van der Waals surface area contributed by atoms with Crippen LogP contribution in [-0.2, 0) is 6.42 Å². The van der Waals surface area contributed by atoms with Gasteiger partial charge in [-0.05, 0) is 48.3 Å². The maximum Gasteiger partial charge on any atom is 0.0749 e. The van der Waals surface area contributed by atoms with Gasteiger partial charge in [-0.2, -0.15) is 0 Å². The first-order valence-corrected chi connectivity index (χ1v) is 7.63. The molecule has 2 aliphatic carbocycles. The summed E-state index contributed by atoms with van der Waals surface area (Å²) >= 11 is 5.94. The molecule has 0 amide bonds. The van der Waals surface area contributed by atoms with E-state index in [-0.39, 0.29) is 10.8 Å². The van der Waals surface area contributed by atoms with Crippen LogP contribution < -0.4 is 0 Å². The molecule has 2 saturated carbocycles. The van der Waals surface area contributed by atoms with Gasteiger partial charge in [0.15, 0.2) is 0 Å². The fourth-order valence-corrected chi connectivity index (χ4v) is 4.75. The van der Waals surface area contributed by atoms with Gasteiger partial charge in [-0.25, -0.2) is 0 Å². The summed E-state index contributed by atoms with van der Waals surface area (Å²) in [6.07, 6.45) is 4.11. The average molecular weight is 279 g/mol. The Labute approximate surface area is 121 Å². The number of halogens is 1. The summed E-state index contributed by atoms with van der Waals surface area (Å²) in [5.41, 5.74) is 0.905. The predicted molar refractivity (Wildman–Crippen MR) is 79.3 cm³/mol. The average Bonchev–Trinajstić information content (AvgIpc) is 2.64. The minimum atomic E-state index is -0.562. The lowest BCUT2D eigenvalue weighted by molar-refractivity contribution is -0.0885. The van der Waals surface area contributed by atoms with Gasteiger partial charge in [0.1, 0.15) is 0 Å². The molecule has 1 aromatic carbocycles. The van der Waals surface area contributed by atoms with Gasteiger partial charge in [0.25, 0.3) is 0 Å². The van der Waals surface area contributed by atoms with Crippen LogP contribution in [0.1, 0.15) is 45.6 Å². The Balaban J connectivity index is 1.91. The van der Waals surface area contributed by atoms with Crippen molar-refractivity contribution in [1.29, 1.82) is 0 Å². The van der Waals surface area contributed by atoms with Gasteiger partial charge in [0.05, 0.1) is 5.60 Å². The molecule has 0 aliphatic heterocycles. The Morgan fingerprint density at radius 3 is 2.32 bits per heavy atom. The van der Waals surface area contributed by atoms with Gasteiger partial charge in [-0.3, -0.25) is 0 Å². The lowest BCUT2D eigenvalue weighted by Crippen LogP contribution is -2.48. The van der Waals surface area contributed by atoms with Crippen molar-refractivity contribution in [1.82, 2.24) is 0 Å². The smallest absolute Gasteiger partial charge is 0.0749 e. The number of hydrogen-bond acceptors (Lipinski definition) is 1. The Kier molecular flexibility index (Phi) is 2.82. The molecule has 0 heterocycles. The molecule has 3 atom stereocenters. The van der Waals surface area contributed by atoms with E-state index in [0.29, 0.717) is 5.92 Å². The van der Waals surface area contributed by atoms with Crippen molar-refractivity contribution >= 4 is 11.6 Å². The van der Waals surface area contributed by atoms with Crippen LogP contribution in [0.15, 0.2) is 24.3 Å². The highest BCUT2D eigenvalue weighted by Crippen LogP contribution is 2.70. The Bertz CT molecular complexity index is 492. The van der Waals surface area contributed by atoms with Gasteiger partial charge in [-0.15, -0.1) is 0 Å². The Morgan fingerprint density at radius 2 is 1.84 bits per heavy atom. The highest BCUT2D eigenvalue weighted by molar-refractivity contribution is 6.30. The number of rotatable bonds is 2. The molecule has 1 nitrogen and oxygen atoms in total. The maximum atomic E-state index is 11.3. The zero-order valence-electron chi connectivity index (χ0n) is 12.0. The minimum absolute atomic E-state index is 0.0320. The van der Waals surface area contributed by atoms with E-state index in [0.717, 1.165) is 24.3 Å². The summed E-state index contributed by atoms with van der Waals surface area (Å²) in [6.45, 7) is 6.96. The van der Waals surface area contributed by atoms with E-state index in [2.05, 4.69) is 20.8 Å². The fourth-order valence-electron chi connectivity index (χ4n) is 4.63. The third-order valence-electron chi connectivity index (χ3n) is 6.46. The number of benzene rings is 1.